The lowest BCUT2D eigenvalue weighted by atomic mass is 10.1. The Hall–Kier alpha value is -1.95. The number of aromatic nitrogens is 2. The molecule has 88 valence electrons. The first-order valence-electron chi connectivity index (χ1n) is 4.92. The molecule has 0 aliphatic carbocycles. The molecule has 1 aromatic carbocycles. The van der Waals surface area contributed by atoms with Crippen LogP contribution in [0.2, 0.25) is 5.02 Å². The van der Waals surface area contributed by atoms with Crippen LogP contribution in [0.3, 0.4) is 0 Å². The van der Waals surface area contributed by atoms with Crippen LogP contribution in [0, 0.1) is 5.21 Å². The van der Waals surface area contributed by atoms with Gasteiger partial charge in [0.25, 0.3) is 6.20 Å². The Bertz CT molecular complexity index is 509. The average molecular weight is 253 g/mol. The summed E-state index contributed by atoms with van der Waals surface area (Å²) in [6, 6.07) is 7.56. The van der Waals surface area contributed by atoms with Gasteiger partial charge < -0.3 is 5.21 Å². The summed E-state index contributed by atoms with van der Waals surface area (Å²) in [6.45, 7) is 0.625. The molecule has 0 atom stereocenters. The number of halogens is 1. The summed E-state index contributed by atoms with van der Waals surface area (Å²) in [6.07, 6.45) is 2.29. The second-order valence-electron chi connectivity index (χ2n) is 3.36. The van der Waals surface area contributed by atoms with E-state index in [0.29, 0.717) is 11.6 Å². The van der Waals surface area contributed by atoms with Crippen LogP contribution in [-0.4, -0.2) is 5.27 Å². The number of aryl methyl sites for hydroxylation is 2. The van der Waals surface area contributed by atoms with Gasteiger partial charge in [-0.3, -0.25) is 4.52 Å². The van der Waals surface area contributed by atoms with Crippen molar-refractivity contribution in [3.8, 4) is 0 Å². The predicted octanol–water partition coefficient (Wildman–Crippen LogP) is 2.44. The van der Waals surface area contributed by atoms with E-state index in [1.54, 1.807) is 4.68 Å². The first-order chi connectivity index (χ1) is 8.28. The van der Waals surface area contributed by atoms with Crippen molar-refractivity contribution in [1.29, 1.82) is 0 Å². The van der Waals surface area contributed by atoms with Crippen molar-refractivity contribution in [2.24, 2.45) is 10.4 Å². The lowest BCUT2D eigenvalue weighted by Gasteiger charge is -1.95. The number of hydrogen-bond donors (Lipinski definition) is 0. The van der Waals surface area contributed by atoms with E-state index in [0.717, 1.165) is 12.0 Å². The Kier molecular flexibility index (Phi) is 3.66. The van der Waals surface area contributed by atoms with E-state index in [1.807, 2.05) is 24.3 Å². The summed E-state index contributed by atoms with van der Waals surface area (Å²) in [4.78, 5) is 0. The minimum atomic E-state index is 0.0936. The molecule has 0 saturated carbocycles. The topological polar surface area (TPSA) is 77.7 Å². The summed E-state index contributed by atoms with van der Waals surface area (Å²) in [5.74, 6) is 0.0936. The van der Waals surface area contributed by atoms with Crippen LogP contribution in [0.5, 0.6) is 0 Å². The third kappa shape index (κ3) is 3.25. The minimum absolute atomic E-state index is 0.0936. The first-order valence-corrected chi connectivity index (χ1v) is 5.30. The van der Waals surface area contributed by atoms with Crippen LogP contribution in [0.15, 0.2) is 45.4 Å². The van der Waals surface area contributed by atoms with Crippen LogP contribution < -0.4 is 4.68 Å². The molecule has 17 heavy (non-hydrogen) atoms. The zero-order valence-corrected chi connectivity index (χ0v) is 9.54. The molecule has 0 unspecified atom stereocenters. The maximum absolute atomic E-state index is 9.87. The fourth-order valence-corrected chi connectivity index (χ4v) is 1.48. The van der Waals surface area contributed by atoms with Crippen molar-refractivity contribution < 1.29 is 9.20 Å². The maximum Gasteiger partial charge on any atom is 0.339 e. The van der Waals surface area contributed by atoms with Gasteiger partial charge in [-0.15, -0.1) is 5.11 Å². The molecular formula is C10H9ClN4O2. The van der Waals surface area contributed by atoms with Crippen molar-refractivity contribution in [2.75, 3.05) is 0 Å². The number of rotatable bonds is 4. The standard InChI is InChI=1S/C10H9ClN4O2/c11-9-3-1-8(2-4-9)5-6-15-7-10(12-13-16)17-14-15/h1-4,7H,5-6H2. The molecule has 2 aromatic rings. The van der Waals surface area contributed by atoms with E-state index in [-0.39, 0.29) is 5.88 Å². The number of benzene rings is 1. The van der Waals surface area contributed by atoms with Gasteiger partial charge >= 0.3 is 5.88 Å². The minimum Gasteiger partial charge on any atom is -0.775 e. The molecule has 6 nitrogen and oxygen atoms in total. The first kappa shape index (κ1) is 11.5. The van der Waals surface area contributed by atoms with Gasteiger partial charge in [-0.2, -0.15) is 0 Å². The van der Waals surface area contributed by atoms with Crippen molar-refractivity contribution in [3.05, 3.63) is 46.3 Å². The lowest BCUT2D eigenvalue weighted by molar-refractivity contribution is -0.761. The van der Waals surface area contributed by atoms with Gasteiger partial charge in [0.1, 0.15) is 0 Å². The highest BCUT2D eigenvalue weighted by Crippen LogP contribution is 2.10. The highest BCUT2D eigenvalue weighted by Gasteiger charge is 2.10. The lowest BCUT2D eigenvalue weighted by Crippen LogP contribution is -2.35. The second-order valence-corrected chi connectivity index (χ2v) is 3.80. The molecule has 2 rings (SSSR count). The molecular weight excluding hydrogens is 244 g/mol. The molecule has 0 spiro atoms. The summed E-state index contributed by atoms with van der Waals surface area (Å²) >= 11 is 5.78. The fraction of sp³-hybridized carbons (Fsp3) is 0.200. The van der Waals surface area contributed by atoms with Crippen LogP contribution in [0.4, 0.5) is 5.88 Å². The van der Waals surface area contributed by atoms with E-state index < -0.39 is 0 Å². The van der Waals surface area contributed by atoms with E-state index in [4.69, 9.17) is 16.1 Å². The summed E-state index contributed by atoms with van der Waals surface area (Å²) in [5, 5.41) is 19.8. The fourth-order valence-electron chi connectivity index (χ4n) is 1.35. The van der Waals surface area contributed by atoms with E-state index in [9.17, 15) is 5.21 Å². The highest BCUT2D eigenvalue weighted by atomic mass is 35.5. The van der Waals surface area contributed by atoms with Crippen molar-refractivity contribution in [2.45, 2.75) is 13.0 Å². The maximum atomic E-state index is 9.87. The van der Waals surface area contributed by atoms with E-state index >= 15 is 0 Å². The van der Waals surface area contributed by atoms with Gasteiger partial charge in [0.2, 0.25) is 5.27 Å². The third-order valence-corrected chi connectivity index (χ3v) is 2.43. The van der Waals surface area contributed by atoms with E-state index in [2.05, 4.69) is 15.7 Å². The third-order valence-electron chi connectivity index (χ3n) is 2.18. The quantitative estimate of drug-likeness (QED) is 0.476. The molecule has 0 radical (unpaired) electrons. The SMILES string of the molecule is [O-]/N=N/c1c[n+](CCc2ccc(Cl)cc2)no1. The summed E-state index contributed by atoms with van der Waals surface area (Å²) < 4.78 is 6.30. The summed E-state index contributed by atoms with van der Waals surface area (Å²) in [5.41, 5.74) is 1.14. The second kappa shape index (κ2) is 5.40. The molecule has 1 heterocycles. The zero-order valence-electron chi connectivity index (χ0n) is 8.78. The largest absolute Gasteiger partial charge is 0.775 e. The Balaban J connectivity index is 1.95. The number of nitrogens with zero attached hydrogens (tertiary/aromatic N) is 4. The Morgan fingerprint density at radius 1 is 1.35 bits per heavy atom. The van der Waals surface area contributed by atoms with Crippen LogP contribution in [0.1, 0.15) is 5.56 Å². The molecule has 7 heteroatoms. The average Bonchev–Trinajstić information content (AvgIpc) is 2.77. The van der Waals surface area contributed by atoms with Crippen LogP contribution in [-0.2, 0) is 13.0 Å². The monoisotopic (exact) mass is 252 g/mol. The smallest absolute Gasteiger partial charge is 0.339 e. The van der Waals surface area contributed by atoms with Gasteiger partial charge in [-0.25, -0.2) is 5.28 Å². The van der Waals surface area contributed by atoms with E-state index in [1.165, 1.54) is 6.20 Å². The zero-order chi connectivity index (χ0) is 12.1. The number of hydrogen-bond acceptors (Lipinski definition) is 5. The van der Waals surface area contributed by atoms with Crippen LogP contribution in [0.25, 0.3) is 0 Å². The summed E-state index contributed by atoms with van der Waals surface area (Å²) in [7, 11) is 0. The normalized spacial score (nSPS) is 11.1. The molecule has 0 N–H and O–H groups in total. The molecule has 0 aliphatic heterocycles. The van der Waals surface area contributed by atoms with Gasteiger partial charge in [-0.1, -0.05) is 28.4 Å². The van der Waals surface area contributed by atoms with Crippen LogP contribution >= 0.6 is 11.6 Å². The van der Waals surface area contributed by atoms with Gasteiger partial charge in [0.15, 0.2) is 6.54 Å². The molecule has 1 aromatic heterocycles. The predicted molar refractivity (Wildman–Crippen MR) is 59.7 cm³/mol. The van der Waals surface area contributed by atoms with Gasteiger partial charge in [0.05, 0.1) is 0 Å². The van der Waals surface area contributed by atoms with Gasteiger partial charge in [-0.05, 0) is 17.7 Å². The van der Waals surface area contributed by atoms with Crippen molar-refractivity contribution in [3.63, 3.8) is 0 Å². The Labute approximate surface area is 102 Å². The van der Waals surface area contributed by atoms with Gasteiger partial charge in [0, 0.05) is 11.4 Å². The van der Waals surface area contributed by atoms with Crippen molar-refractivity contribution in [1.82, 2.24) is 5.27 Å². The molecule has 0 aliphatic rings. The molecule has 0 fully saturated rings. The van der Waals surface area contributed by atoms with Crippen molar-refractivity contribution >= 4 is 17.5 Å². The Morgan fingerprint density at radius 2 is 2.12 bits per heavy atom. The Morgan fingerprint density at radius 3 is 2.82 bits per heavy atom. The molecule has 0 saturated heterocycles. The molecule has 0 bridgehead atoms. The highest BCUT2D eigenvalue weighted by molar-refractivity contribution is 6.30. The molecule has 0 amide bonds.